The van der Waals surface area contributed by atoms with Crippen LogP contribution >= 0.6 is 0 Å². The maximum Gasteiger partial charge on any atom is 0.132 e. The molecular formula is C22H31NO2. The van der Waals surface area contributed by atoms with E-state index in [2.05, 4.69) is 32.2 Å². The number of hydrogen-bond acceptors (Lipinski definition) is 3. The molecule has 1 aliphatic carbocycles. The lowest BCUT2D eigenvalue weighted by atomic mass is 9.76. The van der Waals surface area contributed by atoms with Gasteiger partial charge < -0.3 is 15.2 Å². The zero-order valence-corrected chi connectivity index (χ0v) is 15.8. The maximum absolute atomic E-state index is 10.9. The summed E-state index contributed by atoms with van der Waals surface area (Å²) in [5.74, 6) is 2.46. The number of hydrogen-bond donors (Lipinski definition) is 2. The van der Waals surface area contributed by atoms with Crippen LogP contribution in [0.25, 0.3) is 5.57 Å². The largest absolute Gasteiger partial charge is 0.507 e. The van der Waals surface area contributed by atoms with Crippen molar-refractivity contribution >= 4 is 5.57 Å². The van der Waals surface area contributed by atoms with Gasteiger partial charge in [0.15, 0.2) is 0 Å². The van der Waals surface area contributed by atoms with Crippen LogP contribution in [0.4, 0.5) is 0 Å². The summed E-state index contributed by atoms with van der Waals surface area (Å²) in [6.07, 6.45) is 7.67. The van der Waals surface area contributed by atoms with Crippen molar-refractivity contribution in [1.82, 2.24) is 5.32 Å². The number of phenols is 1. The summed E-state index contributed by atoms with van der Waals surface area (Å²) < 4.78 is 6.40. The monoisotopic (exact) mass is 341 g/mol. The van der Waals surface area contributed by atoms with Crippen LogP contribution in [0.5, 0.6) is 11.5 Å². The lowest BCUT2D eigenvalue weighted by Crippen LogP contribution is -2.40. The minimum atomic E-state index is -0.288. The SMILES string of the molecule is CC(c1cc(O)c2c(c1)OC(C)(C)C1=C2CNCC1)C1CCCCC1. The van der Waals surface area contributed by atoms with E-state index in [-0.39, 0.29) is 5.60 Å². The van der Waals surface area contributed by atoms with Crippen LogP contribution in [0, 0.1) is 5.92 Å². The highest BCUT2D eigenvalue weighted by molar-refractivity contribution is 5.82. The molecule has 0 amide bonds. The van der Waals surface area contributed by atoms with Gasteiger partial charge in [-0.3, -0.25) is 0 Å². The summed E-state index contributed by atoms with van der Waals surface area (Å²) in [6.45, 7) is 8.44. The van der Waals surface area contributed by atoms with E-state index in [0.717, 1.165) is 36.7 Å². The van der Waals surface area contributed by atoms with Crippen LogP contribution in [-0.4, -0.2) is 23.8 Å². The molecule has 1 aromatic carbocycles. The Morgan fingerprint density at radius 1 is 1.20 bits per heavy atom. The van der Waals surface area contributed by atoms with E-state index >= 15 is 0 Å². The smallest absolute Gasteiger partial charge is 0.132 e. The fourth-order valence-electron chi connectivity index (χ4n) is 5.10. The maximum atomic E-state index is 10.9. The van der Waals surface area contributed by atoms with Crippen LogP contribution in [0.3, 0.4) is 0 Å². The van der Waals surface area contributed by atoms with Gasteiger partial charge in [0.05, 0.1) is 5.56 Å². The number of benzene rings is 1. The van der Waals surface area contributed by atoms with Gasteiger partial charge in [-0.25, -0.2) is 0 Å². The zero-order chi connectivity index (χ0) is 17.6. The number of nitrogens with one attached hydrogen (secondary N) is 1. The predicted octanol–water partition coefficient (Wildman–Crippen LogP) is 4.99. The van der Waals surface area contributed by atoms with Gasteiger partial charge in [0, 0.05) is 6.54 Å². The summed E-state index contributed by atoms with van der Waals surface area (Å²) in [4.78, 5) is 0. The van der Waals surface area contributed by atoms with E-state index < -0.39 is 0 Å². The number of phenolic OH excluding ortho intramolecular Hbond substituents is 1. The van der Waals surface area contributed by atoms with Gasteiger partial charge in [0.2, 0.25) is 0 Å². The van der Waals surface area contributed by atoms with Gasteiger partial charge in [0.1, 0.15) is 17.1 Å². The summed E-state index contributed by atoms with van der Waals surface area (Å²) >= 11 is 0. The van der Waals surface area contributed by atoms with E-state index in [4.69, 9.17) is 4.74 Å². The fourth-order valence-corrected chi connectivity index (χ4v) is 5.10. The molecule has 2 aliphatic heterocycles. The first kappa shape index (κ1) is 17.0. The van der Waals surface area contributed by atoms with Gasteiger partial charge in [-0.05, 0) is 80.3 Å². The lowest BCUT2D eigenvalue weighted by molar-refractivity contribution is 0.137. The first-order valence-corrected chi connectivity index (χ1v) is 9.97. The number of fused-ring (bicyclic) bond motifs is 2. The number of rotatable bonds is 2. The highest BCUT2D eigenvalue weighted by Crippen LogP contribution is 2.48. The lowest BCUT2D eigenvalue weighted by Gasteiger charge is -2.40. The molecule has 1 unspecified atom stereocenters. The molecular weight excluding hydrogens is 310 g/mol. The minimum absolute atomic E-state index is 0.288. The molecule has 3 nitrogen and oxygen atoms in total. The van der Waals surface area contributed by atoms with Crippen molar-refractivity contribution in [3.63, 3.8) is 0 Å². The topological polar surface area (TPSA) is 41.5 Å². The molecule has 1 atom stereocenters. The van der Waals surface area contributed by atoms with Crippen molar-refractivity contribution in [2.75, 3.05) is 13.1 Å². The third kappa shape index (κ3) is 2.97. The molecule has 3 heteroatoms. The van der Waals surface area contributed by atoms with Crippen LogP contribution in [0.1, 0.15) is 76.3 Å². The fraction of sp³-hybridized carbons (Fsp3) is 0.636. The molecule has 1 fully saturated rings. The summed E-state index contributed by atoms with van der Waals surface area (Å²) in [5.41, 5.74) is 4.44. The highest BCUT2D eigenvalue weighted by atomic mass is 16.5. The van der Waals surface area contributed by atoms with Crippen molar-refractivity contribution in [2.24, 2.45) is 5.92 Å². The molecule has 0 bridgehead atoms. The van der Waals surface area contributed by atoms with Crippen LogP contribution in [-0.2, 0) is 0 Å². The Morgan fingerprint density at radius 3 is 2.72 bits per heavy atom. The molecule has 1 saturated carbocycles. The minimum Gasteiger partial charge on any atom is -0.507 e. The second-order valence-electron chi connectivity index (χ2n) is 8.60. The van der Waals surface area contributed by atoms with Crippen LogP contribution in [0.15, 0.2) is 17.7 Å². The second kappa shape index (κ2) is 6.35. The molecule has 136 valence electrons. The summed E-state index contributed by atoms with van der Waals surface area (Å²) in [7, 11) is 0. The molecule has 0 radical (unpaired) electrons. The van der Waals surface area contributed by atoms with Gasteiger partial charge in [-0.2, -0.15) is 0 Å². The quantitative estimate of drug-likeness (QED) is 0.796. The van der Waals surface area contributed by atoms with Gasteiger partial charge in [0.25, 0.3) is 0 Å². The van der Waals surface area contributed by atoms with Crippen LogP contribution in [0.2, 0.25) is 0 Å². The normalized spacial score (nSPS) is 24.3. The van der Waals surface area contributed by atoms with E-state index in [0.29, 0.717) is 11.7 Å². The molecule has 0 aromatic heterocycles. The Bertz CT molecular complexity index is 698. The Labute approximate surface area is 151 Å². The van der Waals surface area contributed by atoms with E-state index in [9.17, 15) is 5.11 Å². The molecule has 4 rings (SSSR count). The van der Waals surface area contributed by atoms with E-state index in [1.165, 1.54) is 48.8 Å². The van der Waals surface area contributed by atoms with Crippen molar-refractivity contribution in [2.45, 2.75) is 70.8 Å². The van der Waals surface area contributed by atoms with E-state index in [1.54, 1.807) is 0 Å². The van der Waals surface area contributed by atoms with E-state index in [1.807, 2.05) is 6.07 Å². The summed E-state index contributed by atoms with van der Waals surface area (Å²) in [6, 6.07) is 4.20. The molecule has 25 heavy (non-hydrogen) atoms. The zero-order valence-electron chi connectivity index (χ0n) is 15.8. The molecule has 2 N–H and O–H groups in total. The Kier molecular flexibility index (Phi) is 4.31. The Hall–Kier alpha value is -1.48. The van der Waals surface area contributed by atoms with Crippen LogP contribution < -0.4 is 10.1 Å². The standard InChI is InChI=1S/C22H31NO2/c1-14(15-7-5-4-6-8-15)16-11-19(24)21-17-13-23-10-9-18(17)22(2,3)25-20(21)12-16/h11-12,14-15,23-24H,4-10,13H2,1-3H3. The Balaban J connectivity index is 1.74. The molecule has 1 aromatic rings. The Morgan fingerprint density at radius 2 is 1.96 bits per heavy atom. The van der Waals surface area contributed by atoms with Gasteiger partial charge in [-0.1, -0.05) is 26.2 Å². The number of aromatic hydroxyl groups is 1. The molecule has 0 spiro atoms. The third-order valence-corrected chi connectivity index (χ3v) is 6.60. The molecule has 3 aliphatic rings. The van der Waals surface area contributed by atoms with Crippen molar-refractivity contribution in [3.8, 4) is 11.5 Å². The van der Waals surface area contributed by atoms with Crippen molar-refractivity contribution in [1.29, 1.82) is 0 Å². The summed E-state index contributed by atoms with van der Waals surface area (Å²) in [5, 5.41) is 14.3. The second-order valence-corrected chi connectivity index (χ2v) is 8.60. The number of ether oxygens (including phenoxy) is 1. The van der Waals surface area contributed by atoms with Crippen molar-refractivity contribution < 1.29 is 9.84 Å². The first-order valence-electron chi connectivity index (χ1n) is 9.97. The predicted molar refractivity (Wildman–Crippen MR) is 102 cm³/mol. The molecule has 2 heterocycles. The first-order chi connectivity index (χ1) is 12.0. The highest BCUT2D eigenvalue weighted by Gasteiger charge is 2.37. The van der Waals surface area contributed by atoms with Gasteiger partial charge >= 0.3 is 0 Å². The van der Waals surface area contributed by atoms with Crippen molar-refractivity contribution in [3.05, 3.63) is 28.8 Å². The average molecular weight is 341 g/mol. The van der Waals surface area contributed by atoms with Gasteiger partial charge in [-0.15, -0.1) is 0 Å². The molecule has 0 saturated heterocycles. The average Bonchev–Trinajstić information content (AvgIpc) is 2.61. The third-order valence-electron chi connectivity index (χ3n) is 6.60.